The highest BCUT2D eigenvalue weighted by atomic mass is 19.1. The number of likely N-dealkylation sites (tertiary alicyclic amines) is 1. The van der Waals surface area contributed by atoms with Gasteiger partial charge in [-0.25, -0.2) is 13.8 Å². The molecule has 0 N–H and O–H groups in total. The lowest BCUT2D eigenvalue weighted by molar-refractivity contribution is 0.0787. The minimum Gasteiger partial charge on any atom is -0.337 e. The van der Waals surface area contributed by atoms with E-state index in [2.05, 4.69) is 4.98 Å². The number of hydrogen-bond donors (Lipinski definition) is 0. The summed E-state index contributed by atoms with van der Waals surface area (Å²) in [4.78, 5) is 18.5. The largest absolute Gasteiger partial charge is 0.337 e. The van der Waals surface area contributed by atoms with Crippen LogP contribution in [0.5, 0.6) is 0 Å². The van der Waals surface area contributed by atoms with Crippen molar-refractivity contribution in [2.75, 3.05) is 13.1 Å². The predicted molar refractivity (Wildman–Crippen MR) is 84.2 cm³/mol. The molecule has 122 valence electrons. The number of rotatable bonds is 2. The molecule has 1 saturated heterocycles. The maximum absolute atomic E-state index is 14.2. The molecule has 0 saturated carbocycles. The zero-order chi connectivity index (χ0) is 17.3. The van der Waals surface area contributed by atoms with E-state index in [4.69, 9.17) is 0 Å². The number of amides is 1. The third-order valence-corrected chi connectivity index (χ3v) is 4.15. The fourth-order valence-corrected chi connectivity index (χ4v) is 2.93. The molecule has 1 fully saturated rings. The van der Waals surface area contributed by atoms with Crippen molar-refractivity contribution in [2.24, 2.45) is 0 Å². The second-order valence-corrected chi connectivity index (χ2v) is 5.75. The van der Waals surface area contributed by atoms with Crippen LogP contribution >= 0.6 is 0 Å². The second-order valence-electron chi connectivity index (χ2n) is 5.75. The number of halogens is 2. The van der Waals surface area contributed by atoms with Gasteiger partial charge in [0.05, 0.1) is 11.3 Å². The van der Waals surface area contributed by atoms with Crippen molar-refractivity contribution in [3.05, 3.63) is 52.9 Å². The number of pyridine rings is 1. The average Bonchev–Trinajstić information content (AvgIpc) is 3.08. The number of hydrogen-bond acceptors (Lipinski definition) is 3. The monoisotopic (exact) mass is 327 g/mol. The lowest BCUT2D eigenvalue weighted by atomic mass is 9.98. The van der Waals surface area contributed by atoms with E-state index in [0.717, 1.165) is 25.0 Å². The van der Waals surface area contributed by atoms with Gasteiger partial charge in [0.1, 0.15) is 23.4 Å². The van der Waals surface area contributed by atoms with Crippen molar-refractivity contribution in [1.82, 2.24) is 9.88 Å². The van der Waals surface area contributed by atoms with Gasteiger partial charge in [0.2, 0.25) is 0 Å². The summed E-state index contributed by atoms with van der Waals surface area (Å²) < 4.78 is 27.3. The molecule has 0 radical (unpaired) electrons. The standard InChI is InChI=1S/C18H15F2N3O/c1-11-15(10-21)14(13-5-4-12(19)8-16(13)20)9-17(22-11)18(24)23-6-2-3-7-23/h4-5,8-9H,2-3,6-7H2,1H3. The molecule has 2 aromatic rings. The van der Waals surface area contributed by atoms with Crippen molar-refractivity contribution < 1.29 is 13.6 Å². The molecule has 24 heavy (non-hydrogen) atoms. The molecule has 1 aromatic heterocycles. The highest BCUT2D eigenvalue weighted by Crippen LogP contribution is 2.29. The molecule has 0 atom stereocenters. The van der Waals surface area contributed by atoms with E-state index in [1.54, 1.807) is 11.8 Å². The van der Waals surface area contributed by atoms with Gasteiger partial charge < -0.3 is 4.90 Å². The topological polar surface area (TPSA) is 57.0 Å². The van der Waals surface area contributed by atoms with E-state index >= 15 is 0 Å². The summed E-state index contributed by atoms with van der Waals surface area (Å²) in [5.41, 5.74) is 1.03. The number of nitrogens with zero attached hydrogens (tertiary/aromatic N) is 3. The van der Waals surface area contributed by atoms with Gasteiger partial charge in [-0.05, 0) is 38.0 Å². The molecule has 0 aliphatic carbocycles. The van der Waals surface area contributed by atoms with E-state index in [-0.39, 0.29) is 28.3 Å². The first kappa shape index (κ1) is 16.1. The molecule has 1 amide bonds. The van der Waals surface area contributed by atoms with Crippen LogP contribution in [0.25, 0.3) is 11.1 Å². The number of aryl methyl sites for hydroxylation is 1. The van der Waals surface area contributed by atoms with Crippen LogP contribution in [0.1, 0.15) is 34.6 Å². The van der Waals surface area contributed by atoms with E-state index in [1.165, 1.54) is 12.1 Å². The molecule has 1 aromatic carbocycles. The molecular formula is C18H15F2N3O. The first-order valence-electron chi connectivity index (χ1n) is 7.67. The number of benzene rings is 1. The summed E-state index contributed by atoms with van der Waals surface area (Å²) in [7, 11) is 0. The van der Waals surface area contributed by atoms with Crippen molar-refractivity contribution in [1.29, 1.82) is 5.26 Å². The smallest absolute Gasteiger partial charge is 0.272 e. The van der Waals surface area contributed by atoms with Gasteiger partial charge >= 0.3 is 0 Å². The molecular weight excluding hydrogens is 312 g/mol. The number of carbonyl (C=O) groups excluding carboxylic acids is 1. The van der Waals surface area contributed by atoms with E-state index in [9.17, 15) is 18.8 Å². The Morgan fingerprint density at radius 2 is 1.92 bits per heavy atom. The first-order chi connectivity index (χ1) is 11.5. The number of aromatic nitrogens is 1. The first-order valence-corrected chi connectivity index (χ1v) is 7.67. The van der Waals surface area contributed by atoms with E-state index in [0.29, 0.717) is 18.8 Å². The summed E-state index contributed by atoms with van der Waals surface area (Å²) in [6.07, 6.45) is 1.89. The number of carbonyl (C=O) groups is 1. The zero-order valence-corrected chi connectivity index (χ0v) is 13.1. The third-order valence-electron chi connectivity index (χ3n) is 4.15. The van der Waals surface area contributed by atoms with Crippen molar-refractivity contribution in [2.45, 2.75) is 19.8 Å². The van der Waals surface area contributed by atoms with Gasteiger partial charge in [0.25, 0.3) is 5.91 Å². The van der Waals surface area contributed by atoms with Crippen LogP contribution in [-0.4, -0.2) is 28.9 Å². The van der Waals surface area contributed by atoms with Gasteiger partial charge in [-0.15, -0.1) is 0 Å². The number of nitriles is 1. The fraction of sp³-hybridized carbons (Fsp3) is 0.278. The van der Waals surface area contributed by atoms with Crippen LogP contribution in [0.3, 0.4) is 0 Å². The van der Waals surface area contributed by atoms with Gasteiger partial charge in [-0.3, -0.25) is 4.79 Å². The Balaban J connectivity index is 2.13. The lowest BCUT2D eigenvalue weighted by Crippen LogP contribution is -2.28. The van der Waals surface area contributed by atoms with Gasteiger partial charge in [0, 0.05) is 30.3 Å². The molecule has 6 heteroatoms. The normalized spacial score (nSPS) is 13.8. The fourth-order valence-electron chi connectivity index (χ4n) is 2.93. The molecule has 1 aliphatic rings. The van der Waals surface area contributed by atoms with Gasteiger partial charge in [-0.1, -0.05) is 0 Å². The van der Waals surface area contributed by atoms with E-state index < -0.39 is 11.6 Å². The van der Waals surface area contributed by atoms with Crippen LogP contribution in [0.4, 0.5) is 8.78 Å². The van der Waals surface area contributed by atoms with E-state index in [1.807, 2.05) is 6.07 Å². The minimum atomic E-state index is -0.781. The van der Waals surface area contributed by atoms with Crippen molar-refractivity contribution >= 4 is 5.91 Å². The van der Waals surface area contributed by atoms with Crippen LogP contribution in [-0.2, 0) is 0 Å². The van der Waals surface area contributed by atoms with Crippen LogP contribution in [0, 0.1) is 29.9 Å². The molecule has 0 unspecified atom stereocenters. The Kier molecular flexibility index (Phi) is 4.26. The summed E-state index contributed by atoms with van der Waals surface area (Å²) in [5.74, 6) is -1.71. The Hall–Kier alpha value is -2.81. The molecule has 3 rings (SSSR count). The van der Waals surface area contributed by atoms with Gasteiger partial charge in [-0.2, -0.15) is 5.26 Å². The summed E-state index contributed by atoms with van der Waals surface area (Å²) in [6.45, 7) is 2.93. The lowest BCUT2D eigenvalue weighted by Gasteiger charge is -2.16. The van der Waals surface area contributed by atoms with Crippen LogP contribution < -0.4 is 0 Å². The maximum Gasteiger partial charge on any atom is 0.272 e. The van der Waals surface area contributed by atoms with Gasteiger partial charge in [0.15, 0.2) is 0 Å². The molecule has 4 nitrogen and oxygen atoms in total. The van der Waals surface area contributed by atoms with Crippen LogP contribution in [0.2, 0.25) is 0 Å². The molecule has 0 bridgehead atoms. The Morgan fingerprint density at radius 3 is 2.54 bits per heavy atom. The van der Waals surface area contributed by atoms with Crippen molar-refractivity contribution in [3.8, 4) is 17.2 Å². The Bertz CT molecular complexity index is 852. The van der Waals surface area contributed by atoms with Crippen LogP contribution in [0.15, 0.2) is 24.3 Å². The zero-order valence-electron chi connectivity index (χ0n) is 13.1. The average molecular weight is 327 g/mol. The Morgan fingerprint density at radius 1 is 1.21 bits per heavy atom. The second kappa shape index (κ2) is 6.36. The summed E-state index contributed by atoms with van der Waals surface area (Å²) >= 11 is 0. The maximum atomic E-state index is 14.2. The molecule has 1 aliphatic heterocycles. The molecule has 0 spiro atoms. The third kappa shape index (κ3) is 2.85. The quantitative estimate of drug-likeness (QED) is 0.849. The van der Waals surface area contributed by atoms with Crippen molar-refractivity contribution in [3.63, 3.8) is 0 Å². The Labute approximate surface area is 138 Å². The summed E-state index contributed by atoms with van der Waals surface area (Å²) in [6, 6.07) is 6.56. The highest BCUT2D eigenvalue weighted by Gasteiger charge is 2.23. The summed E-state index contributed by atoms with van der Waals surface area (Å²) in [5, 5.41) is 9.37. The minimum absolute atomic E-state index is 0.0777. The highest BCUT2D eigenvalue weighted by molar-refractivity contribution is 5.94. The SMILES string of the molecule is Cc1nc(C(=O)N2CCCC2)cc(-c2ccc(F)cc2F)c1C#N. The molecule has 2 heterocycles. The predicted octanol–water partition coefficient (Wildman–Crippen LogP) is 3.44.